The molecule has 14 nitrogen and oxygen atoms in total. The number of phenolic OH excluding ortho intramolecular Hbond substituents is 2. The van der Waals surface area contributed by atoms with Gasteiger partial charge in [-0.3, -0.25) is 24.0 Å². The summed E-state index contributed by atoms with van der Waals surface area (Å²) in [6.45, 7) is 4.91. The summed E-state index contributed by atoms with van der Waals surface area (Å²) in [4.78, 5) is 78.5. The SMILES string of the molecule is COc1cccc2c1C(=O)c1c(O)c3c(c(O)c1C2=O)C[C@@](O)(C(=O)CO)C[C@@H]3CC1C[C@@H](C)[C@@H](C)[C@@H](NC(=O)O[C@H]2/C=C/CC[C@@](C)(C(=O)CCC(=O)O)CC2)C1. The van der Waals surface area contributed by atoms with Gasteiger partial charge in [-0.05, 0) is 87.2 Å². The summed E-state index contributed by atoms with van der Waals surface area (Å²) in [5.74, 6) is -5.41. The van der Waals surface area contributed by atoms with Crippen LogP contribution in [0.25, 0.3) is 0 Å². The van der Waals surface area contributed by atoms with E-state index in [1.165, 1.54) is 25.3 Å². The number of aromatic hydroxyl groups is 2. The first kappa shape index (κ1) is 42.5. The number of hydrogen-bond donors (Lipinski definition) is 6. The summed E-state index contributed by atoms with van der Waals surface area (Å²) < 4.78 is 11.2. The molecule has 1 amide bonds. The van der Waals surface area contributed by atoms with Crippen LogP contribution in [0.1, 0.15) is 134 Å². The summed E-state index contributed by atoms with van der Waals surface area (Å²) in [5.41, 5.74) is -3.70. The van der Waals surface area contributed by atoms with E-state index in [1.54, 1.807) is 6.08 Å². The van der Waals surface area contributed by atoms with Crippen LogP contribution in [-0.2, 0) is 25.5 Å². The Kier molecular flexibility index (Phi) is 12.2. The minimum Gasteiger partial charge on any atom is -0.507 e. The van der Waals surface area contributed by atoms with Crippen molar-refractivity contribution < 1.29 is 63.8 Å². The first-order chi connectivity index (χ1) is 27.4. The van der Waals surface area contributed by atoms with Crippen LogP contribution >= 0.6 is 0 Å². The van der Waals surface area contributed by atoms with Gasteiger partial charge in [0.1, 0.15) is 41.3 Å². The predicted molar refractivity (Wildman–Crippen MR) is 208 cm³/mol. The monoisotopic (exact) mass is 803 g/mol. The third kappa shape index (κ3) is 8.00. The highest BCUT2D eigenvalue weighted by Gasteiger charge is 2.49. The molecule has 14 heteroatoms. The lowest BCUT2D eigenvalue weighted by Gasteiger charge is -2.43. The van der Waals surface area contributed by atoms with Crippen LogP contribution in [-0.4, -0.2) is 92.2 Å². The zero-order valence-corrected chi connectivity index (χ0v) is 33.3. The smallest absolute Gasteiger partial charge is 0.407 e. The highest BCUT2D eigenvalue weighted by molar-refractivity contribution is 6.31. The number of carbonyl (C=O) groups is 6. The number of carbonyl (C=O) groups excluding carboxylic acids is 5. The lowest BCUT2D eigenvalue weighted by Crippen LogP contribution is -2.48. The normalized spacial score (nSPS) is 29.8. The van der Waals surface area contributed by atoms with Crippen LogP contribution in [0.15, 0.2) is 30.4 Å². The maximum Gasteiger partial charge on any atom is 0.407 e. The first-order valence-corrected chi connectivity index (χ1v) is 20.0. The van der Waals surface area contributed by atoms with Crippen LogP contribution in [0.2, 0.25) is 0 Å². The quantitative estimate of drug-likeness (QED) is 0.107. The molecule has 2 aromatic rings. The van der Waals surface area contributed by atoms with Gasteiger partial charge in [0, 0.05) is 41.0 Å². The van der Waals surface area contributed by atoms with Gasteiger partial charge in [0.05, 0.1) is 30.2 Å². The number of Topliss-reactive ketones (excluding diaryl/α,β-unsaturated/α-hetero) is 2. The molecule has 0 spiro atoms. The zero-order valence-electron chi connectivity index (χ0n) is 33.3. The maximum absolute atomic E-state index is 14.1. The molecular formula is C44H53NO13. The average Bonchev–Trinajstić information content (AvgIpc) is 3.18. The van der Waals surface area contributed by atoms with Gasteiger partial charge in [0.2, 0.25) is 5.78 Å². The van der Waals surface area contributed by atoms with E-state index < -0.39 is 82.5 Å². The fourth-order valence-electron chi connectivity index (χ4n) is 9.82. The zero-order chi connectivity index (χ0) is 42.3. The molecule has 8 atom stereocenters. The van der Waals surface area contributed by atoms with E-state index in [-0.39, 0.29) is 88.8 Å². The highest BCUT2D eigenvalue weighted by atomic mass is 16.6. The van der Waals surface area contributed by atoms with Crippen molar-refractivity contribution in [3.8, 4) is 17.2 Å². The summed E-state index contributed by atoms with van der Waals surface area (Å²) >= 11 is 0. The molecular weight excluding hydrogens is 750 g/mol. The molecule has 0 aromatic heterocycles. The van der Waals surface area contributed by atoms with Gasteiger partial charge < -0.3 is 40.3 Å². The molecule has 6 N–H and O–H groups in total. The molecule has 0 heterocycles. The van der Waals surface area contributed by atoms with E-state index in [2.05, 4.69) is 5.32 Å². The molecule has 1 fully saturated rings. The fraction of sp³-hybridized carbons (Fsp3) is 0.545. The Balaban J connectivity index is 1.24. The predicted octanol–water partition coefficient (Wildman–Crippen LogP) is 5.31. The lowest BCUT2D eigenvalue weighted by molar-refractivity contribution is -0.142. The Morgan fingerprint density at radius 1 is 0.948 bits per heavy atom. The second kappa shape index (κ2) is 16.6. The first-order valence-electron chi connectivity index (χ1n) is 20.0. The molecule has 6 rings (SSSR count). The van der Waals surface area contributed by atoms with E-state index in [4.69, 9.17) is 14.6 Å². The molecule has 2 aromatic carbocycles. The third-order valence-corrected chi connectivity index (χ3v) is 13.3. The number of fused-ring (bicyclic) bond motifs is 3. The molecule has 0 bridgehead atoms. The maximum atomic E-state index is 14.1. The number of nitrogens with one attached hydrogen (secondary N) is 1. The number of benzene rings is 2. The minimum atomic E-state index is -2.15. The summed E-state index contributed by atoms with van der Waals surface area (Å²) in [6.07, 6.45) is 4.70. The number of aliphatic carboxylic acids is 1. The van der Waals surface area contributed by atoms with Gasteiger partial charge in [-0.15, -0.1) is 0 Å². The van der Waals surface area contributed by atoms with Crippen LogP contribution in [0.4, 0.5) is 4.79 Å². The van der Waals surface area contributed by atoms with Crippen molar-refractivity contribution in [2.24, 2.45) is 23.2 Å². The van der Waals surface area contributed by atoms with Crippen molar-refractivity contribution in [1.82, 2.24) is 5.32 Å². The van der Waals surface area contributed by atoms with Crippen molar-refractivity contribution in [3.63, 3.8) is 0 Å². The number of hydrogen-bond acceptors (Lipinski definition) is 12. The van der Waals surface area contributed by atoms with E-state index in [0.717, 1.165) is 0 Å². The van der Waals surface area contributed by atoms with Crippen molar-refractivity contribution in [2.45, 2.75) is 115 Å². The summed E-state index contributed by atoms with van der Waals surface area (Å²) in [6, 6.07) is 4.08. The molecule has 4 aliphatic rings. The molecule has 0 aliphatic heterocycles. The fourth-order valence-corrected chi connectivity index (χ4v) is 9.82. The van der Waals surface area contributed by atoms with Crippen molar-refractivity contribution in [3.05, 3.63) is 63.7 Å². The van der Waals surface area contributed by atoms with Gasteiger partial charge in [0.25, 0.3) is 0 Å². The minimum absolute atomic E-state index is 0.0153. The van der Waals surface area contributed by atoms with Gasteiger partial charge in [-0.2, -0.15) is 0 Å². The van der Waals surface area contributed by atoms with E-state index in [9.17, 15) is 49.2 Å². The number of aliphatic hydroxyl groups is 2. The second-order valence-corrected chi connectivity index (χ2v) is 17.1. The van der Waals surface area contributed by atoms with Gasteiger partial charge in [-0.25, -0.2) is 4.79 Å². The van der Waals surface area contributed by atoms with Crippen molar-refractivity contribution in [1.29, 1.82) is 0 Å². The van der Waals surface area contributed by atoms with Gasteiger partial charge in [-0.1, -0.05) is 39.0 Å². The van der Waals surface area contributed by atoms with E-state index in [1.807, 2.05) is 26.8 Å². The van der Waals surface area contributed by atoms with E-state index in [0.29, 0.717) is 38.5 Å². The number of rotatable bonds is 11. The molecule has 0 saturated heterocycles. The number of ether oxygens (including phenoxy) is 2. The van der Waals surface area contributed by atoms with Crippen molar-refractivity contribution in [2.75, 3.05) is 13.7 Å². The van der Waals surface area contributed by atoms with Crippen molar-refractivity contribution >= 4 is 35.2 Å². The number of alkyl carbamates (subject to hydrolysis) is 1. The second-order valence-electron chi connectivity index (χ2n) is 17.1. The molecule has 312 valence electrons. The van der Waals surface area contributed by atoms with Crippen LogP contribution in [0, 0.1) is 23.2 Å². The molecule has 58 heavy (non-hydrogen) atoms. The summed E-state index contributed by atoms with van der Waals surface area (Å²) in [5, 5.41) is 57.4. The van der Waals surface area contributed by atoms with Crippen LogP contribution in [0.3, 0.4) is 0 Å². The highest BCUT2D eigenvalue weighted by Crippen LogP contribution is 2.54. The molecule has 0 radical (unpaired) electrons. The molecule has 4 aliphatic carbocycles. The number of carboxylic acid groups (broad SMARTS) is 1. The average molecular weight is 804 g/mol. The molecule has 1 saturated carbocycles. The van der Waals surface area contributed by atoms with Crippen LogP contribution < -0.4 is 10.1 Å². The number of amides is 1. The Bertz CT molecular complexity index is 2060. The Labute approximate surface area is 336 Å². The van der Waals surface area contributed by atoms with Crippen LogP contribution in [0.5, 0.6) is 17.2 Å². The van der Waals surface area contributed by atoms with Gasteiger partial charge >= 0.3 is 12.1 Å². The Morgan fingerprint density at radius 3 is 2.36 bits per heavy atom. The Hall–Kier alpha value is -5.08. The lowest BCUT2D eigenvalue weighted by atomic mass is 9.64. The number of methoxy groups -OCH3 is 1. The van der Waals surface area contributed by atoms with E-state index >= 15 is 0 Å². The largest absolute Gasteiger partial charge is 0.507 e. The summed E-state index contributed by atoms with van der Waals surface area (Å²) in [7, 11) is 1.35. The number of aliphatic hydroxyl groups excluding tert-OH is 1. The topological polar surface area (TPSA) is 234 Å². The number of ketones is 4. The molecule has 1 unspecified atom stereocenters. The standard InChI is InChI=1S/C44H53NO13/c1-22-16-24(18-29(23(22)2)45-42(55)58-26-8-5-6-14-43(3,15-13-26)31(47)11-12-33(49)50)17-25-19-44(56,32(48)21-46)20-28-34(25)40(53)37-36(39(28)52)38(51)27-9-7-10-30(57-4)35(27)41(37)54/h5,7-10,22-26,29,46,52-53,56H,6,11-21H2,1-4H3,(H,45,55)(H,49,50)/b8-5+/t22-,23-,24?,25+,26+,29+,43-,44-/m1/s1. The Morgan fingerprint density at radius 2 is 1.67 bits per heavy atom. The third-order valence-electron chi connectivity index (χ3n) is 13.3. The number of allylic oxidation sites excluding steroid dienone is 1. The van der Waals surface area contributed by atoms with Gasteiger partial charge in [0.15, 0.2) is 11.6 Å². The number of carboxylic acids is 1. The number of phenols is 2.